The van der Waals surface area contributed by atoms with Gasteiger partial charge < -0.3 is 5.32 Å². The molecule has 1 heterocycles. The van der Waals surface area contributed by atoms with Gasteiger partial charge in [-0.15, -0.1) is 11.3 Å². The summed E-state index contributed by atoms with van der Waals surface area (Å²) in [4.78, 5) is 1.32. The maximum atomic E-state index is 6.28. The van der Waals surface area contributed by atoms with E-state index in [-0.39, 0.29) is 6.04 Å². The fraction of sp³-hybridized carbons (Fsp3) is 0.375. The third-order valence-corrected chi connectivity index (χ3v) is 5.90. The molecule has 0 aliphatic heterocycles. The van der Waals surface area contributed by atoms with Crippen LogP contribution in [-0.4, -0.2) is 6.54 Å². The molecular formula is C16H19BrClNS. The van der Waals surface area contributed by atoms with Crippen LogP contribution in [0.3, 0.4) is 0 Å². The zero-order valence-corrected chi connectivity index (χ0v) is 15.1. The summed E-state index contributed by atoms with van der Waals surface area (Å²) in [6, 6.07) is 8.79. The van der Waals surface area contributed by atoms with E-state index in [0.717, 1.165) is 23.6 Å². The first-order chi connectivity index (χ1) is 9.52. The molecule has 0 amide bonds. The molecule has 1 atom stereocenters. The number of hydrogen-bond donors (Lipinski definition) is 1. The van der Waals surface area contributed by atoms with Crippen LogP contribution >= 0.6 is 38.9 Å². The molecule has 1 aromatic carbocycles. The predicted octanol–water partition coefficient (Wildman–Crippen LogP) is 5.87. The molecule has 0 aliphatic carbocycles. The molecule has 2 aromatic rings. The van der Waals surface area contributed by atoms with Gasteiger partial charge in [-0.05, 0) is 71.6 Å². The fourth-order valence-corrected chi connectivity index (χ4v) is 3.95. The smallest absolute Gasteiger partial charge is 0.0731 e. The monoisotopic (exact) mass is 371 g/mol. The van der Waals surface area contributed by atoms with Crippen LogP contribution in [0.15, 0.2) is 28.1 Å². The Morgan fingerprint density at radius 2 is 2.00 bits per heavy atom. The van der Waals surface area contributed by atoms with Crippen LogP contribution in [0.5, 0.6) is 0 Å². The number of rotatable bonds is 5. The molecular weight excluding hydrogens is 354 g/mol. The quantitative estimate of drug-likeness (QED) is 0.692. The standard InChI is InChI=1S/C16H19BrClNS/c1-4-7-19-15(14-8-11(3)16(17)20-14)12-6-5-10(2)13(18)9-12/h5-6,8-9,15,19H,4,7H2,1-3H3. The highest BCUT2D eigenvalue weighted by Crippen LogP contribution is 2.35. The molecule has 0 saturated carbocycles. The van der Waals surface area contributed by atoms with Gasteiger partial charge in [-0.1, -0.05) is 30.7 Å². The summed E-state index contributed by atoms with van der Waals surface area (Å²) in [5, 5.41) is 4.45. The average molecular weight is 373 g/mol. The van der Waals surface area contributed by atoms with E-state index in [0.29, 0.717) is 0 Å². The van der Waals surface area contributed by atoms with Gasteiger partial charge >= 0.3 is 0 Å². The second kappa shape index (κ2) is 7.08. The van der Waals surface area contributed by atoms with E-state index in [4.69, 9.17) is 11.6 Å². The van der Waals surface area contributed by atoms with Crippen LogP contribution in [-0.2, 0) is 0 Å². The third-order valence-electron chi connectivity index (χ3n) is 3.29. The lowest BCUT2D eigenvalue weighted by Gasteiger charge is -2.18. The minimum Gasteiger partial charge on any atom is -0.306 e. The molecule has 1 aromatic heterocycles. The number of benzene rings is 1. The van der Waals surface area contributed by atoms with Crippen molar-refractivity contribution in [1.29, 1.82) is 0 Å². The summed E-state index contributed by atoms with van der Waals surface area (Å²) in [6.45, 7) is 7.34. The van der Waals surface area contributed by atoms with E-state index < -0.39 is 0 Å². The molecule has 1 unspecified atom stereocenters. The first-order valence-corrected chi connectivity index (χ1v) is 8.77. The van der Waals surface area contributed by atoms with Gasteiger partial charge in [-0.2, -0.15) is 0 Å². The zero-order valence-electron chi connectivity index (χ0n) is 12.0. The van der Waals surface area contributed by atoms with Gasteiger partial charge in [0.15, 0.2) is 0 Å². The van der Waals surface area contributed by atoms with E-state index in [9.17, 15) is 0 Å². The molecule has 0 aliphatic rings. The van der Waals surface area contributed by atoms with Gasteiger partial charge in [0.25, 0.3) is 0 Å². The fourth-order valence-electron chi connectivity index (χ4n) is 2.09. The van der Waals surface area contributed by atoms with E-state index in [1.54, 1.807) is 11.3 Å². The molecule has 0 radical (unpaired) electrons. The number of nitrogens with one attached hydrogen (secondary N) is 1. The number of aryl methyl sites for hydroxylation is 2. The summed E-state index contributed by atoms with van der Waals surface area (Å²) < 4.78 is 1.20. The molecule has 108 valence electrons. The molecule has 0 bridgehead atoms. The Hall–Kier alpha value is -0.350. The highest BCUT2D eigenvalue weighted by atomic mass is 79.9. The Labute approximate surface area is 138 Å². The van der Waals surface area contributed by atoms with Crippen molar-refractivity contribution in [3.8, 4) is 0 Å². The number of hydrogen-bond acceptors (Lipinski definition) is 2. The minimum atomic E-state index is 0.211. The molecule has 1 nitrogen and oxygen atoms in total. The summed E-state index contributed by atoms with van der Waals surface area (Å²) in [6.07, 6.45) is 1.11. The van der Waals surface area contributed by atoms with Gasteiger partial charge in [0.1, 0.15) is 0 Å². The van der Waals surface area contributed by atoms with Crippen molar-refractivity contribution in [3.63, 3.8) is 0 Å². The first-order valence-electron chi connectivity index (χ1n) is 6.78. The lowest BCUT2D eigenvalue weighted by molar-refractivity contribution is 0.605. The van der Waals surface area contributed by atoms with Crippen molar-refractivity contribution in [1.82, 2.24) is 5.32 Å². The Bertz CT molecular complexity index is 575. The highest BCUT2D eigenvalue weighted by molar-refractivity contribution is 9.11. The predicted molar refractivity (Wildman–Crippen MR) is 93.1 cm³/mol. The molecule has 0 saturated heterocycles. The first kappa shape index (κ1) is 16.0. The average Bonchev–Trinajstić information content (AvgIpc) is 2.74. The van der Waals surface area contributed by atoms with Gasteiger partial charge in [0, 0.05) is 9.90 Å². The number of thiophene rings is 1. The summed E-state index contributed by atoms with van der Waals surface area (Å²) in [5.41, 5.74) is 3.63. The van der Waals surface area contributed by atoms with E-state index >= 15 is 0 Å². The van der Waals surface area contributed by atoms with Crippen LogP contribution in [0.1, 0.15) is 41.0 Å². The van der Waals surface area contributed by atoms with Crippen molar-refractivity contribution in [2.24, 2.45) is 0 Å². The van der Waals surface area contributed by atoms with E-state index in [1.165, 1.54) is 19.8 Å². The van der Waals surface area contributed by atoms with Crippen LogP contribution in [0.4, 0.5) is 0 Å². The maximum absolute atomic E-state index is 6.28. The molecule has 20 heavy (non-hydrogen) atoms. The van der Waals surface area contributed by atoms with E-state index in [2.05, 4.69) is 59.4 Å². The second-order valence-electron chi connectivity index (χ2n) is 5.00. The topological polar surface area (TPSA) is 12.0 Å². The maximum Gasteiger partial charge on any atom is 0.0731 e. The Morgan fingerprint density at radius 1 is 1.25 bits per heavy atom. The summed E-state index contributed by atoms with van der Waals surface area (Å²) >= 11 is 11.7. The lowest BCUT2D eigenvalue weighted by atomic mass is 10.0. The van der Waals surface area contributed by atoms with Crippen LogP contribution in [0.2, 0.25) is 5.02 Å². The van der Waals surface area contributed by atoms with Crippen LogP contribution in [0.25, 0.3) is 0 Å². The normalized spacial score (nSPS) is 12.7. The SMILES string of the molecule is CCCNC(c1ccc(C)c(Cl)c1)c1cc(C)c(Br)s1. The number of halogens is 2. The van der Waals surface area contributed by atoms with Crippen LogP contribution in [0, 0.1) is 13.8 Å². The third kappa shape index (κ3) is 3.64. The van der Waals surface area contributed by atoms with Crippen molar-refractivity contribution in [2.75, 3.05) is 6.54 Å². The van der Waals surface area contributed by atoms with Crippen molar-refractivity contribution < 1.29 is 0 Å². The van der Waals surface area contributed by atoms with Gasteiger partial charge in [0.05, 0.1) is 9.83 Å². The summed E-state index contributed by atoms with van der Waals surface area (Å²) in [7, 11) is 0. The molecule has 0 fully saturated rings. The largest absolute Gasteiger partial charge is 0.306 e. The van der Waals surface area contributed by atoms with Crippen molar-refractivity contribution in [3.05, 3.63) is 54.6 Å². The lowest BCUT2D eigenvalue weighted by Crippen LogP contribution is -2.22. The minimum absolute atomic E-state index is 0.211. The van der Waals surface area contributed by atoms with Gasteiger partial charge in [0.2, 0.25) is 0 Å². The van der Waals surface area contributed by atoms with Gasteiger partial charge in [-0.25, -0.2) is 0 Å². The highest BCUT2D eigenvalue weighted by Gasteiger charge is 2.17. The molecule has 2 rings (SSSR count). The second-order valence-corrected chi connectivity index (χ2v) is 7.81. The van der Waals surface area contributed by atoms with Gasteiger partial charge in [-0.3, -0.25) is 0 Å². The molecule has 4 heteroatoms. The van der Waals surface area contributed by atoms with Crippen molar-refractivity contribution >= 4 is 38.9 Å². The Balaban J connectivity index is 2.38. The molecule has 0 spiro atoms. The summed E-state index contributed by atoms with van der Waals surface area (Å²) in [5.74, 6) is 0. The zero-order chi connectivity index (χ0) is 14.7. The van der Waals surface area contributed by atoms with E-state index in [1.807, 2.05) is 6.92 Å². The van der Waals surface area contributed by atoms with Crippen molar-refractivity contribution in [2.45, 2.75) is 33.2 Å². The Morgan fingerprint density at radius 3 is 2.55 bits per heavy atom. The van der Waals surface area contributed by atoms with Crippen LogP contribution < -0.4 is 5.32 Å². The molecule has 1 N–H and O–H groups in total. The Kier molecular flexibility index (Phi) is 5.67.